The molecule has 96 valence electrons. The third-order valence-corrected chi connectivity index (χ3v) is 4.61. The molecule has 1 unspecified atom stereocenters. The number of aromatic nitrogens is 2. The van der Waals surface area contributed by atoms with Crippen molar-refractivity contribution in [3.63, 3.8) is 0 Å². The van der Waals surface area contributed by atoms with E-state index in [0.29, 0.717) is 0 Å². The van der Waals surface area contributed by atoms with Crippen LogP contribution in [0.1, 0.15) is 46.6 Å². The molecule has 0 spiro atoms. The Hall–Kier alpha value is -1.13. The fourth-order valence-corrected chi connectivity index (χ4v) is 3.53. The van der Waals surface area contributed by atoms with Crippen LogP contribution in [0.2, 0.25) is 0 Å². The van der Waals surface area contributed by atoms with E-state index in [0.717, 1.165) is 42.1 Å². The van der Waals surface area contributed by atoms with Crippen LogP contribution in [0, 0.1) is 13.8 Å². The molecule has 0 amide bonds. The van der Waals surface area contributed by atoms with Gasteiger partial charge in [0, 0.05) is 28.0 Å². The summed E-state index contributed by atoms with van der Waals surface area (Å²) in [5, 5.41) is 13.3. The van der Waals surface area contributed by atoms with Crippen LogP contribution in [0.5, 0.6) is 0 Å². The highest BCUT2D eigenvalue weighted by atomic mass is 32.1. The highest BCUT2D eigenvalue weighted by molar-refractivity contribution is 7.09. The van der Waals surface area contributed by atoms with Crippen molar-refractivity contribution in [2.75, 3.05) is 0 Å². The summed E-state index contributed by atoms with van der Waals surface area (Å²) in [7, 11) is 0. The quantitative estimate of drug-likeness (QED) is 0.903. The third-order valence-electron chi connectivity index (χ3n) is 3.66. The standard InChI is InChI=1S/C14H18N2OS/c1-9-8-18-14(15-9)7-16-10(2)6-11-12(16)4-3-5-13(11)17/h6,8,13,17H,3-5,7H2,1-2H3. The van der Waals surface area contributed by atoms with Crippen LogP contribution in [0.4, 0.5) is 0 Å². The van der Waals surface area contributed by atoms with Crippen LogP contribution >= 0.6 is 11.3 Å². The maximum absolute atomic E-state index is 10.0. The highest BCUT2D eigenvalue weighted by Crippen LogP contribution is 2.32. The van der Waals surface area contributed by atoms with Gasteiger partial charge in [-0.3, -0.25) is 0 Å². The second-order valence-corrected chi connectivity index (χ2v) is 6.01. The summed E-state index contributed by atoms with van der Waals surface area (Å²) in [6.07, 6.45) is 2.78. The zero-order valence-corrected chi connectivity index (χ0v) is 11.6. The average molecular weight is 262 g/mol. The summed E-state index contributed by atoms with van der Waals surface area (Å²) < 4.78 is 2.32. The Morgan fingerprint density at radius 1 is 1.50 bits per heavy atom. The number of nitrogens with zero attached hydrogens (tertiary/aromatic N) is 2. The molecule has 2 aromatic rings. The number of thiazole rings is 1. The monoisotopic (exact) mass is 262 g/mol. The SMILES string of the molecule is Cc1csc(Cn2c(C)cc3c2CCCC3O)n1. The van der Waals surface area contributed by atoms with E-state index in [1.807, 2.05) is 6.92 Å². The van der Waals surface area contributed by atoms with E-state index in [9.17, 15) is 5.11 Å². The second kappa shape index (κ2) is 4.52. The average Bonchev–Trinajstić information content (AvgIpc) is 2.87. The second-order valence-electron chi connectivity index (χ2n) is 5.06. The van der Waals surface area contributed by atoms with Gasteiger partial charge in [-0.1, -0.05) is 0 Å². The molecule has 3 rings (SSSR count). The zero-order chi connectivity index (χ0) is 12.7. The lowest BCUT2D eigenvalue weighted by molar-refractivity contribution is 0.156. The Kier molecular flexibility index (Phi) is 2.99. The van der Waals surface area contributed by atoms with Gasteiger partial charge in [0.25, 0.3) is 0 Å². The van der Waals surface area contributed by atoms with E-state index in [-0.39, 0.29) is 6.10 Å². The number of fused-ring (bicyclic) bond motifs is 1. The van der Waals surface area contributed by atoms with Crippen LogP contribution < -0.4 is 0 Å². The molecule has 1 atom stereocenters. The van der Waals surface area contributed by atoms with Crippen molar-refractivity contribution < 1.29 is 5.11 Å². The Labute approximate surface area is 111 Å². The van der Waals surface area contributed by atoms with E-state index in [1.54, 1.807) is 11.3 Å². The molecule has 18 heavy (non-hydrogen) atoms. The predicted octanol–water partition coefficient (Wildman–Crippen LogP) is 2.98. The maximum atomic E-state index is 10.0. The van der Waals surface area contributed by atoms with E-state index < -0.39 is 0 Å². The molecule has 4 heteroatoms. The molecular weight excluding hydrogens is 244 g/mol. The van der Waals surface area contributed by atoms with Crippen LogP contribution in [0.3, 0.4) is 0 Å². The minimum atomic E-state index is -0.272. The lowest BCUT2D eigenvalue weighted by atomic mass is 9.95. The highest BCUT2D eigenvalue weighted by Gasteiger charge is 2.23. The van der Waals surface area contributed by atoms with Gasteiger partial charge in [0.1, 0.15) is 5.01 Å². The van der Waals surface area contributed by atoms with Crippen LogP contribution in [0.15, 0.2) is 11.4 Å². The van der Waals surface area contributed by atoms with Gasteiger partial charge >= 0.3 is 0 Å². The Morgan fingerprint density at radius 3 is 3.06 bits per heavy atom. The van der Waals surface area contributed by atoms with Gasteiger partial charge in [0.05, 0.1) is 12.6 Å². The van der Waals surface area contributed by atoms with Gasteiger partial charge in [-0.05, 0) is 39.2 Å². The van der Waals surface area contributed by atoms with Gasteiger partial charge in [-0.25, -0.2) is 4.98 Å². The van der Waals surface area contributed by atoms with Crippen molar-refractivity contribution in [1.82, 2.24) is 9.55 Å². The van der Waals surface area contributed by atoms with Crippen molar-refractivity contribution in [2.24, 2.45) is 0 Å². The molecule has 2 aromatic heterocycles. The molecule has 0 fully saturated rings. The van der Waals surface area contributed by atoms with Crippen LogP contribution in [-0.4, -0.2) is 14.7 Å². The summed E-state index contributed by atoms with van der Waals surface area (Å²) in [4.78, 5) is 4.53. The zero-order valence-electron chi connectivity index (χ0n) is 10.8. The first kappa shape index (κ1) is 11.9. The van der Waals surface area contributed by atoms with E-state index >= 15 is 0 Å². The Bertz CT molecular complexity index is 570. The first-order valence-electron chi connectivity index (χ1n) is 6.43. The normalized spacial score (nSPS) is 18.9. The van der Waals surface area contributed by atoms with Crippen LogP contribution in [-0.2, 0) is 13.0 Å². The topological polar surface area (TPSA) is 38.0 Å². The van der Waals surface area contributed by atoms with Crippen molar-refractivity contribution in [1.29, 1.82) is 0 Å². The van der Waals surface area contributed by atoms with Crippen molar-refractivity contribution in [3.05, 3.63) is 39.1 Å². The van der Waals surface area contributed by atoms with Gasteiger partial charge in [-0.15, -0.1) is 11.3 Å². The maximum Gasteiger partial charge on any atom is 0.113 e. The minimum Gasteiger partial charge on any atom is -0.388 e. The predicted molar refractivity (Wildman–Crippen MR) is 73.0 cm³/mol. The van der Waals surface area contributed by atoms with Gasteiger partial charge < -0.3 is 9.67 Å². The van der Waals surface area contributed by atoms with Gasteiger partial charge in [0.2, 0.25) is 0 Å². The molecule has 0 radical (unpaired) electrons. The molecule has 0 saturated heterocycles. The van der Waals surface area contributed by atoms with Crippen molar-refractivity contribution in [3.8, 4) is 0 Å². The lowest BCUT2D eigenvalue weighted by Gasteiger charge is -2.20. The molecule has 1 aliphatic rings. The number of aliphatic hydroxyl groups excluding tert-OH is 1. The molecule has 0 bridgehead atoms. The number of aliphatic hydroxyl groups is 1. The summed E-state index contributed by atoms with van der Waals surface area (Å²) in [6.45, 7) is 4.99. The molecule has 0 saturated carbocycles. The van der Waals surface area contributed by atoms with E-state index in [2.05, 4.69) is 27.9 Å². The molecule has 1 aliphatic carbocycles. The Morgan fingerprint density at radius 2 is 2.33 bits per heavy atom. The number of hydrogen-bond donors (Lipinski definition) is 1. The fraction of sp³-hybridized carbons (Fsp3) is 0.500. The van der Waals surface area contributed by atoms with Gasteiger partial charge in [0.15, 0.2) is 0 Å². The fourth-order valence-electron chi connectivity index (χ4n) is 2.77. The van der Waals surface area contributed by atoms with E-state index in [4.69, 9.17) is 0 Å². The third kappa shape index (κ3) is 1.99. The Balaban J connectivity index is 1.97. The summed E-state index contributed by atoms with van der Waals surface area (Å²) in [6, 6.07) is 2.14. The first-order chi connectivity index (χ1) is 8.65. The summed E-state index contributed by atoms with van der Waals surface area (Å²) in [5.41, 5.74) is 4.76. The molecule has 0 aromatic carbocycles. The molecule has 1 N–H and O–H groups in total. The molecule has 2 heterocycles. The summed E-state index contributed by atoms with van der Waals surface area (Å²) >= 11 is 1.71. The van der Waals surface area contributed by atoms with Crippen molar-refractivity contribution >= 4 is 11.3 Å². The van der Waals surface area contributed by atoms with Crippen molar-refractivity contribution in [2.45, 2.75) is 45.8 Å². The van der Waals surface area contributed by atoms with E-state index in [1.165, 1.54) is 11.4 Å². The summed E-state index contributed by atoms with van der Waals surface area (Å²) in [5.74, 6) is 0. The first-order valence-corrected chi connectivity index (χ1v) is 7.31. The number of rotatable bonds is 2. The smallest absolute Gasteiger partial charge is 0.113 e. The molecule has 0 aliphatic heterocycles. The van der Waals surface area contributed by atoms with Crippen LogP contribution in [0.25, 0.3) is 0 Å². The minimum absolute atomic E-state index is 0.272. The largest absolute Gasteiger partial charge is 0.388 e. The molecular formula is C14H18N2OS. The lowest BCUT2D eigenvalue weighted by Crippen LogP contribution is -2.13. The van der Waals surface area contributed by atoms with Gasteiger partial charge in [-0.2, -0.15) is 0 Å². The number of hydrogen-bond acceptors (Lipinski definition) is 3. The number of aryl methyl sites for hydroxylation is 2. The molecule has 3 nitrogen and oxygen atoms in total.